The topological polar surface area (TPSA) is 52.9 Å². The zero-order valence-electron chi connectivity index (χ0n) is 20.1. The highest BCUT2D eigenvalue weighted by molar-refractivity contribution is 5.21. The molecule has 1 saturated carbocycles. The molecule has 3 rings (SSSR count). The Morgan fingerprint density at radius 2 is 2.00 bits per heavy atom. The highest BCUT2D eigenvalue weighted by Gasteiger charge is 2.43. The van der Waals surface area contributed by atoms with E-state index in [0.29, 0.717) is 17.8 Å². The van der Waals surface area contributed by atoms with E-state index in [0.717, 1.165) is 45.6 Å². The molecule has 31 heavy (non-hydrogen) atoms. The summed E-state index contributed by atoms with van der Waals surface area (Å²) in [4.78, 5) is 2.53. The van der Waals surface area contributed by atoms with E-state index in [9.17, 15) is 10.2 Å². The molecule has 1 saturated heterocycles. The second-order valence-corrected chi connectivity index (χ2v) is 10.4. The van der Waals surface area contributed by atoms with Crippen LogP contribution in [-0.2, 0) is 4.74 Å². The minimum absolute atomic E-state index is 0.209. The Morgan fingerprint density at radius 3 is 2.77 bits per heavy atom. The van der Waals surface area contributed by atoms with Crippen LogP contribution in [-0.4, -0.2) is 60.2 Å². The molecule has 0 amide bonds. The predicted octanol–water partition coefficient (Wildman–Crippen LogP) is 4.96. The lowest BCUT2D eigenvalue weighted by Crippen LogP contribution is -2.36. The maximum absolute atomic E-state index is 10.6. The van der Waals surface area contributed by atoms with Gasteiger partial charge < -0.3 is 14.9 Å². The van der Waals surface area contributed by atoms with Crippen molar-refractivity contribution in [1.29, 1.82) is 0 Å². The fourth-order valence-electron chi connectivity index (χ4n) is 5.90. The molecule has 0 spiro atoms. The van der Waals surface area contributed by atoms with Gasteiger partial charge in [-0.3, -0.25) is 4.90 Å². The SMILES string of the molecule is CCCC[C@@H](C)C[C@H](O)C=C[C@@H]1[C@H]2CC(CCCCCN3CCOCC3)=C[C@H]2C[C@H]1O. The number of hydrogen-bond donors (Lipinski definition) is 2. The van der Waals surface area contributed by atoms with Gasteiger partial charge in [0, 0.05) is 19.0 Å². The van der Waals surface area contributed by atoms with Gasteiger partial charge in [0.25, 0.3) is 0 Å². The Balaban J connectivity index is 1.35. The van der Waals surface area contributed by atoms with Gasteiger partial charge in [-0.05, 0) is 62.8 Å². The molecule has 2 fully saturated rings. The normalized spacial score (nSPS) is 31.2. The number of morpholine rings is 1. The van der Waals surface area contributed by atoms with Gasteiger partial charge in [0.15, 0.2) is 0 Å². The fourth-order valence-corrected chi connectivity index (χ4v) is 5.90. The number of hydrogen-bond acceptors (Lipinski definition) is 4. The lowest BCUT2D eigenvalue weighted by Gasteiger charge is -2.26. The van der Waals surface area contributed by atoms with Gasteiger partial charge in [0.05, 0.1) is 25.4 Å². The van der Waals surface area contributed by atoms with Crippen LogP contribution < -0.4 is 0 Å². The largest absolute Gasteiger partial charge is 0.392 e. The number of fused-ring (bicyclic) bond motifs is 1. The van der Waals surface area contributed by atoms with Crippen LogP contribution in [0.3, 0.4) is 0 Å². The first kappa shape index (κ1) is 25.0. The molecule has 2 aliphatic carbocycles. The Hall–Kier alpha value is -0.680. The maximum Gasteiger partial charge on any atom is 0.0723 e. The number of rotatable bonds is 13. The first-order valence-corrected chi connectivity index (χ1v) is 13.1. The van der Waals surface area contributed by atoms with Crippen molar-refractivity contribution in [2.45, 2.75) is 90.3 Å². The first-order valence-electron chi connectivity index (χ1n) is 13.1. The predicted molar refractivity (Wildman–Crippen MR) is 128 cm³/mol. The van der Waals surface area contributed by atoms with E-state index in [1.807, 2.05) is 6.08 Å². The molecule has 0 radical (unpaired) electrons. The van der Waals surface area contributed by atoms with Crippen molar-refractivity contribution in [3.05, 3.63) is 23.8 Å². The van der Waals surface area contributed by atoms with Gasteiger partial charge in [0.2, 0.25) is 0 Å². The van der Waals surface area contributed by atoms with Crippen LogP contribution in [0, 0.1) is 23.7 Å². The van der Waals surface area contributed by atoms with Crippen LogP contribution >= 0.6 is 0 Å². The van der Waals surface area contributed by atoms with E-state index >= 15 is 0 Å². The molecule has 0 aromatic rings. The summed E-state index contributed by atoms with van der Waals surface area (Å²) in [6.07, 6.45) is 17.6. The van der Waals surface area contributed by atoms with E-state index in [4.69, 9.17) is 4.74 Å². The third-order valence-corrected chi connectivity index (χ3v) is 7.78. The lowest BCUT2D eigenvalue weighted by molar-refractivity contribution is 0.0371. The zero-order valence-corrected chi connectivity index (χ0v) is 20.1. The number of unbranched alkanes of at least 4 members (excludes halogenated alkanes) is 3. The highest BCUT2D eigenvalue weighted by Crippen LogP contribution is 2.48. The van der Waals surface area contributed by atoms with E-state index in [1.165, 1.54) is 51.5 Å². The van der Waals surface area contributed by atoms with E-state index in [2.05, 4.69) is 30.9 Å². The summed E-state index contributed by atoms with van der Waals surface area (Å²) in [5.74, 6) is 1.84. The molecule has 178 valence electrons. The highest BCUT2D eigenvalue weighted by atomic mass is 16.5. The standard InChI is InChI=1S/C27H47NO3/c1-3-4-8-21(2)17-24(29)10-11-25-26-19-22(18-23(26)20-27(25)30)9-6-5-7-12-28-13-15-31-16-14-28/h10-11,18,21,23-27,29-30H,3-9,12-17,19-20H2,1-2H3/t21-,23+,24-,25-,26+,27-/m1/s1. The minimum Gasteiger partial charge on any atom is -0.392 e. The molecule has 0 aromatic heterocycles. The number of aliphatic hydroxyl groups is 2. The summed E-state index contributed by atoms with van der Waals surface area (Å²) in [7, 11) is 0. The number of nitrogens with zero attached hydrogens (tertiary/aromatic N) is 1. The van der Waals surface area contributed by atoms with Crippen molar-refractivity contribution < 1.29 is 14.9 Å². The first-order chi connectivity index (χ1) is 15.1. The molecule has 1 heterocycles. The van der Waals surface area contributed by atoms with Crippen molar-refractivity contribution in [2.24, 2.45) is 23.7 Å². The van der Waals surface area contributed by atoms with E-state index in [-0.39, 0.29) is 18.1 Å². The van der Waals surface area contributed by atoms with Crippen molar-refractivity contribution in [3.63, 3.8) is 0 Å². The van der Waals surface area contributed by atoms with Crippen molar-refractivity contribution in [1.82, 2.24) is 4.90 Å². The summed E-state index contributed by atoms with van der Waals surface area (Å²) in [6.45, 7) is 9.65. The summed E-state index contributed by atoms with van der Waals surface area (Å²) < 4.78 is 5.42. The average Bonchev–Trinajstić information content (AvgIpc) is 3.27. The van der Waals surface area contributed by atoms with Gasteiger partial charge in [0.1, 0.15) is 0 Å². The molecular formula is C27H47NO3. The summed E-state index contributed by atoms with van der Waals surface area (Å²) in [5.41, 5.74) is 1.61. The van der Waals surface area contributed by atoms with Crippen molar-refractivity contribution in [3.8, 4) is 0 Å². The number of aliphatic hydroxyl groups excluding tert-OH is 2. The molecule has 0 unspecified atom stereocenters. The van der Waals surface area contributed by atoms with Gasteiger partial charge in [-0.1, -0.05) is 63.3 Å². The number of ether oxygens (including phenoxy) is 1. The third kappa shape index (κ3) is 7.99. The number of allylic oxidation sites excluding steroid dienone is 2. The molecule has 3 aliphatic rings. The second kappa shape index (κ2) is 13.1. The Labute approximate surface area is 190 Å². The van der Waals surface area contributed by atoms with Crippen LogP contribution in [0.1, 0.15) is 78.1 Å². The minimum atomic E-state index is -0.376. The summed E-state index contributed by atoms with van der Waals surface area (Å²) in [6, 6.07) is 0. The van der Waals surface area contributed by atoms with Gasteiger partial charge in [-0.15, -0.1) is 0 Å². The van der Waals surface area contributed by atoms with Gasteiger partial charge in [-0.25, -0.2) is 0 Å². The monoisotopic (exact) mass is 433 g/mol. The Kier molecular flexibility index (Phi) is 10.6. The molecule has 2 N–H and O–H groups in total. The average molecular weight is 434 g/mol. The van der Waals surface area contributed by atoms with Gasteiger partial charge in [-0.2, -0.15) is 0 Å². The van der Waals surface area contributed by atoms with Crippen LogP contribution in [0.4, 0.5) is 0 Å². The van der Waals surface area contributed by atoms with E-state index in [1.54, 1.807) is 5.57 Å². The van der Waals surface area contributed by atoms with Gasteiger partial charge >= 0.3 is 0 Å². The smallest absolute Gasteiger partial charge is 0.0723 e. The maximum atomic E-state index is 10.6. The van der Waals surface area contributed by atoms with Crippen LogP contribution in [0.2, 0.25) is 0 Å². The van der Waals surface area contributed by atoms with E-state index < -0.39 is 0 Å². The fraction of sp³-hybridized carbons (Fsp3) is 0.852. The Bertz CT molecular complexity index is 569. The third-order valence-electron chi connectivity index (χ3n) is 7.78. The molecule has 0 bridgehead atoms. The zero-order chi connectivity index (χ0) is 22.1. The molecule has 4 nitrogen and oxygen atoms in total. The quantitative estimate of drug-likeness (QED) is 0.318. The van der Waals surface area contributed by atoms with Crippen LogP contribution in [0.25, 0.3) is 0 Å². The molecule has 1 aliphatic heterocycles. The summed E-state index contributed by atoms with van der Waals surface area (Å²) >= 11 is 0. The molecule has 4 heteroatoms. The van der Waals surface area contributed by atoms with Crippen molar-refractivity contribution >= 4 is 0 Å². The lowest BCUT2D eigenvalue weighted by atomic mass is 9.88. The molecule has 0 aromatic carbocycles. The molecular weight excluding hydrogens is 386 g/mol. The van der Waals surface area contributed by atoms with Crippen molar-refractivity contribution in [2.75, 3.05) is 32.8 Å². The molecule has 6 atom stereocenters. The summed E-state index contributed by atoms with van der Waals surface area (Å²) in [5, 5.41) is 21.0. The second-order valence-electron chi connectivity index (χ2n) is 10.4. The Morgan fingerprint density at radius 1 is 1.19 bits per heavy atom. The van der Waals surface area contributed by atoms with Crippen LogP contribution in [0.5, 0.6) is 0 Å². The van der Waals surface area contributed by atoms with Crippen LogP contribution in [0.15, 0.2) is 23.8 Å².